The molecule has 1 fully saturated rings. The van der Waals surface area contributed by atoms with Crippen molar-refractivity contribution < 1.29 is 9.53 Å². The Morgan fingerprint density at radius 2 is 2.13 bits per heavy atom. The molecule has 15 heavy (non-hydrogen) atoms. The average Bonchev–Trinajstić information content (AvgIpc) is 2.25. The molecule has 1 amide bonds. The van der Waals surface area contributed by atoms with Gasteiger partial charge in [0.05, 0.1) is 0 Å². The summed E-state index contributed by atoms with van der Waals surface area (Å²) >= 11 is 0. The fraction of sp³-hybridized carbons (Fsp3) is 0.909. The maximum atomic E-state index is 11.6. The van der Waals surface area contributed by atoms with E-state index in [1.807, 2.05) is 27.7 Å². The van der Waals surface area contributed by atoms with E-state index in [1.54, 1.807) is 0 Å². The molecule has 1 rings (SSSR count). The van der Waals surface area contributed by atoms with Crippen molar-refractivity contribution in [3.05, 3.63) is 0 Å². The van der Waals surface area contributed by atoms with Crippen LogP contribution in [0.1, 0.15) is 47.0 Å². The van der Waals surface area contributed by atoms with Gasteiger partial charge in [0, 0.05) is 11.6 Å². The summed E-state index contributed by atoms with van der Waals surface area (Å²) in [4.78, 5) is 11.6. The quantitative estimate of drug-likeness (QED) is 0.699. The highest BCUT2D eigenvalue weighted by Gasteiger charge is 2.35. The molecule has 0 aliphatic heterocycles. The standard InChI is InChI=1S/C11H22N2O2/c1-10(2,3)15-9(14)13-11(4)6-5-8(12)7-11/h8H,5-7,12H2,1-4H3,(H,13,14)/t8?,11-/m0/s1. The summed E-state index contributed by atoms with van der Waals surface area (Å²) in [5, 5.41) is 2.90. The Labute approximate surface area is 91.5 Å². The second-order valence-corrected chi connectivity index (χ2v) is 5.69. The molecule has 1 unspecified atom stereocenters. The Bertz CT molecular complexity index is 247. The zero-order chi connectivity index (χ0) is 11.7. The molecule has 1 aliphatic carbocycles. The molecule has 3 N–H and O–H groups in total. The van der Waals surface area contributed by atoms with Crippen molar-refractivity contribution in [2.24, 2.45) is 5.73 Å². The van der Waals surface area contributed by atoms with E-state index in [1.165, 1.54) is 0 Å². The number of ether oxygens (including phenoxy) is 1. The molecule has 0 saturated heterocycles. The monoisotopic (exact) mass is 214 g/mol. The molecule has 0 heterocycles. The van der Waals surface area contributed by atoms with E-state index in [0.29, 0.717) is 0 Å². The zero-order valence-corrected chi connectivity index (χ0v) is 10.1. The molecule has 0 aromatic heterocycles. The highest BCUT2D eigenvalue weighted by molar-refractivity contribution is 5.68. The zero-order valence-electron chi connectivity index (χ0n) is 10.1. The van der Waals surface area contributed by atoms with E-state index in [9.17, 15) is 4.79 Å². The van der Waals surface area contributed by atoms with Crippen molar-refractivity contribution in [3.63, 3.8) is 0 Å². The molecular formula is C11H22N2O2. The first-order chi connectivity index (χ1) is 6.70. The minimum absolute atomic E-state index is 0.193. The van der Waals surface area contributed by atoms with Gasteiger partial charge in [0.2, 0.25) is 0 Å². The third-order valence-corrected chi connectivity index (χ3v) is 2.58. The van der Waals surface area contributed by atoms with E-state index < -0.39 is 5.60 Å². The number of carbonyl (C=O) groups is 1. The molecule has 4 nitrogen and oxygen atoms in total. The van der Waals surface area contributed by atoms with E-state index >= 15 is 0 Å². The molecule has 4 heteroatoms. The highest BCUT2D eigenvalue weighted by atomic mass is 16.6. The first kappa shape index (κ1) is 12.3. The fourth-order valence-electron chi connectivity index (χ4n) is 1.95. The van der Waals surface area contributed by atoms with E-state index in [-0.39, 0.29) is 17.7 Å². The van der Waals surface area contributed by atoms with Crippen LogP contribution in [0.5, 0.6) is 0 Å². The smallest absolute Gasteiger partial charge is 0.408 e. The van der Waals surface area contributed by atoms with Gasteiger partial charge in [-0.1, -0.05) is 0 Å². The summed E-state index contributed by atoms with van der Waals surface area (Å²) in [7, 11) is 0. The lowest BCUT2D eigenvalue weighted by Gasteiger charge is -2.28. The van der Waals surface area contributed by atoms with Crippen LogP contribution in [0.15, 0.2) is 0 Å². The van der Waals surface area contributed by atoms with Gasteiger partial charge in [-0.15, -0.1) is 0 Å². The Morgan fingerprint density at radius 1 is 1.53 bits per heavy atom. The molecule has 0 bridgehead atoms. The van der Waals surface area contributed by atoms with Gasteiger partial charge >= 0.3 is 6.09 Å². The van der Waals surface area contributed by atoms with E-state index in [0.717, 1.165) is 19.3 Å². The minimum Gasteiger partial charge on any atom is -0.444 e. The van der Waals surface area contributed by atoms with Gasteiger partial charge < -0.3 is 15.8 Å². The molecule has 1 aliphatic rings. The predicted octanol–water partition coefficient (Wildman–Crippen LogP) is 1.78. The number of amides is 1. The number of hydrogen-bond acceptors (Lipinski definition) is 3. The first-order valence-electron chi connectivity index (χ1n) is 5.47. The number of nitrogens with one attached hydrogen (secondary N) is 1. The fourth-order valence-corrected chi connectivity index (χ4v) is 1.95. The van der Waals surface area contributed by atoms with Gasteiger partial charge in [-0.3, -0.25) is 0 Å². The van der Waals surface area contributed by atoms with Gasteiger partial charge in [-0.2, -0.15) is 0 Å². The third kappa shape index (κ3) is 4.08. The number of rotatable bonds is 1. The Morgan fingerprint density at radius 3 is 2.53 bits per heavy atom. The second-order valence-electron chi connectivity index (χ2n) is 5.69. The molecule has 2 atom stereocenters. The largest absolute Gasteiger partial charge is 0.444 e. The van der Waals surface area contributed by atoms with Gasteiger partial charge in [0.1, 0.15) is 5.60 Å². The van der Waals surface area contributed by atoms with Crippen molar-refractivity contribution in [2.45, 2.75) is 64.1 Å². The number of carbonyl (C=O) groups excluding carboxylic acids is 1. The van der Waals surface area contributed by atoms with E-state index in [2.05, 4.69) is 5.32 Å². The van der Waals surface area contributed by atoms with Crippen LogP contribution in [0, 0.1) is 0 Å². The minimum atomic E-state index is -0.443. The second kappa shape index (κ2) is 4.00. The predicted molar refractivity (Wildman–Crippen MR) is 59.6 cm³/mol. The van der Waals surface area contributed by atoms with Gasteiger partial charge in [0.15, 0.2) is 0 Å². The molecular weight excluding hydrogens is 192 g/mol. The SMILES string of the molecule is CC(C)(C)OC(=O)N[C@@]1(C)CCC(N)C1. The Balaban J connectivity index is 2.45. The first-order valence-corrected chi connectivity index (χ1v) is 5.47. The summed E-state index contributed by atoms with van der Waals surface area (Å²) in [5.41, 5.74) is 5.19. The Kier molecular flexibility index (Phi) is 3.28. The van der Waals surface area contributed by atoms with Crippen LogP contribution in [-0.2, 0) is 4.74 Å². The topological polar surface area (TPSA) is 64.3 Å². The molecule has 1 saturated carbocycles. The van der Waals surface area contributed by atoms with Crippen LogP contribution < -0.4 is 11.1 Å². The summed E-state index contributed by atoms with van der Waals surface area (Å²) in [5.74, 6) is 0. The summed E-state index contributed by atoms with van der Waals surface area (Å²) in [6.45, 7) is 7.59. The van der Waals surface area contributed by atoms with Crippen LogP contribution in [0.2, 0.25) is 0 Å². The van der Waals surface area contributed by atoms with Crippen LogP contribution in [0.25, 0.3) is 0 Å². The Hall–Kier alpha value is -0.770. The number of nitrogens with two attached hydrogens (primary N) is 1. The molecule has 0 radical (unpaired) electrons. The van der Waals surface area contributed by atoms with Crippen molar-refractivity contribution in [3.8, 4) is 0 Å². The van der Waals surface area contributed by atoms with Crippen molar-refractivity contribution >= 4 is 6.09 Å². The van der Waals surface area contributed by atoms with Gasteiger partial charge in [-0.25, -0.2) is 4.79 Å². The summed E-state index contributed by atoms with van der Waals surface area (Å²) in [6.07, 6.45) is 2.37. The van der Waals surface area contributed by atoms with Crippen LogP contribution in [0.3, 0.4) is 0 Å². The average molecular weight is 214 g/mol. The maximum Gasteiger partial charge on any atom is 0.408 e. The van der Waals surface area contributed by atoms with Crippen LogP contribution in [0.4, 0.5) is 4.79 Å². The molecule has 0 aromatic rings. The van der Waals surface area contributed by atoms with Gasteiger partial charge in [0.25, 0.3) is 0 Å². The summed E-state index contributed by atoms with van der Waals surface area (Å²) in [6, 6.07) is 0.199. The van der Waals surface area contributed by atoms with Crippen molar-refractivity contribution in [1.82, 2.24) is 5.32 Å². The van der Waals surface area contributed by atoms with Crippen LogP contribution in [-0.4, -0.2) is 23.3 Å². The van der Waals surface area contributed by atoms with Crippen molar-refractivity contribution in [2.75, 3.05) is 0 Å². The number of alkyl carbamates (subject to hydrolysis) is 1. The highest BCUT2D eigenvalue weighted by Crippen LogP contribution is 2.28. The molecule has 88 valence electrons. The van der Waals surface area contributed by atoms with Crippen LogP contribution >= 0.6 is 0 Å². The van der Waals surface area contributed by atoms with Crippen molar-refractivity contribution in [1.29, 1.82) is 0 Å². The van der Waals surface area contributed by atoms with Gasteiger partial charge in [-0.05, 0) is 47.0 Å². The number of hydrogen-bond donors (Lipinski definition) is 2. The lowest BCUT2D eigenvalue weighted by molar-refractivity contribution is 0.0466. The molecule has 0 spiro atoms. The maximum absolute atomic E-state index is 11.6. The normalized spacial score (nSPS) is 31.4. The summed E-state index contributed by atoms with van der Waals surface area (Å²) < 4.78 is 5.21. The lowest BCUT2D eigenvalue weighted by atomic mass is 10.0. The van der Waals surface area contributed by atoms with E-state index in [4.69, 9.17) is 10.5 Å². The third-order valence-electron chi connectivity index (χ3n) is 2.58. The molecule has 0 aromatic carbocycles. The lowest BCUT2D eigenvalue weighted by Crippen LogP contribution is -2.46.